The molecule has 3 N–H and O–H groups in total. The number of halogens is 1. The summed E-state index contributed by atoms with van der Waals surface area (Å²) in [6.07, 6.45) is -8.38. The van der Waals surface area contributed by atoms with Crippen molar-refractivity contribution in [3.8, 4) is 5.88 Å². The quantitative estimate of drug-likeness (QED) is 0.0642. The molecule has 0 spiro atoms. The number of fused-ring (bicyclic) bond motifs is 1. The third-order valence-corrected chi connectivity index (χ3v) is 7.03. The van der Waals surface area contributed by atoms with Crippen molar-refractivity contribution < 1.29 is 65.6 Å². The fourth-order valence-corrected chi connectivity index (χ4v) is 4.80. The van der Waals surface area contributed by atoms with E-state index in [4.69, 9.17) is 43.8 Å². The first-order chi connectivity index (χ1) is 21.7. The number of azide groups is 1. The van der Waals surface area contributed by atoms with Crippen LogP contribution >= 0.6 is 7.82 Å². The van der Waals surface area contributed by atoms with Crippen molar-refractivity contribution in [2.45, 2.75) is 70.9 Å². The molecule has 3 heterocycles. The van der Waals surface area contributed by atoms with E-state index in [1.165, 1.54) is 0 Å². The molecule has 1 unspecified atom stereocenters. The Kier molecular flexibility index (Phi) is 12.7. The lowest BCUT2D eigenvalue weighted by molar-refractivity contribution is -0.124. The number of aliphatic hydroxyl groups excluding tert-OH is 1. The van der Waals surface area contributed by atoms with E-state index < -0.39 is 83.2 Å². The van der Waals surface area contributed by atoms with Crippen LogP contribution in [0.2, 0.25) is 0 Å². The molecule has 46 heavy (non-hydrogen) atoms. The van der Waals surface area contributed by atoms with E-state index in [-0.39, 0.29) is 29.6 Å². The number of imidazole rings is 1. The molecule has 0 amide bonds. The molecule has 1 saturated heterocycles. The van der Waals surface area contributed by atoms with Crippen molar-refractivity contribution in [3.05, 3.63) is 16.8 Å². The standard InChI is InChI=1S/C23H34FN8O13P/c1-6-37-18-15-17(29-20(25)30-18)32(9-27-15)19-14(24)16(33)23(45-19,7-28-31-26)8-40-46(36,41-10-38-21(34)43-12(2)3)42-11-39-22(35)44-13(4)5/h9,12-14,16,19,33H,6-8,10-11H2,1-5H3,(H2,25,29,30)/t14-,16+,19?,23-/m1/s1. The second kappa shape index (κ2) is 16.0. The third kappa shape index (κ3) is 9.25. The maximum atomic E-state index is 15.8. The lowest BCUT2D eigenvalue weighted by Gasteiger charge is -2.31. The van der Waals surface area contributed by atoms with Crippen molar-refractivity contribution in [2.75, 3.05) is 39.1 Å². The van der Waals surface area contributed by atoms with Crippen molar-refractivity contribution in [1.82, 2.24) is 19.5 Å². The largest absolute Gasteiger partial charge is 0.510 e. The average molecular weight is 681 g/mol. The Balaban J connectivity index is 1.86. The zero-order valence-corrected chi connectivity index (χ0v) is 26.3. The Labute approximate surface area is 260 Å². The second-order valence-electron chi connectivity index (χ2n) is 9.83. The molecule has 3 rings (SSSR count). The predicted molar refractivity (Wildman–Crippen MR) is 150 cm³/mol. The van der Waals surface area contributed by atoms with Crippen LogP contribution in [0.25, 0.3) is 21.6 Å². The van der Waals surface area contributed by atoms with Crippen molar-refractivity contribution in [3.63, 3.8) is 0 Å². The highest BCUT2D eigenvalue weighted by molar-refractivity contribution is 7.48. The maximum Gasteiger partial charge on any atom is 0.510 e. The Morgan fingerprint density at radius 2 is 1.78 bits per heavy atom. The molecule has 0 bridgehead atoms. The number of hydrogen-bond donors (Lipinski definition) is 2. The number of aliphatic hydroxyl groups is 1. The van der Waals surface area contributed by atoms with Crippen LogP contribution in [0.15, 0.2) is 11.4 Å². The zero-order chi connectivity index (χ0) is 34.1. The van der Waals surface area contributed by atoms with E-state index in [0.717, 1.165) is 10.9 Å². The van der Waals surface area contributed by atoms with Crippen LogP contribution in [0.4, 0.5) is 19.9 Å². The summed E-state index contributed by atoms with van der Waals surface area (Å²) in [5, 5.41) is 14.4. The molecule has 0 saturated carbocycles. The second-order valence-corrected chi connectivity index (χ2v) is 11.5. The molecular weight excluding hydrogens is 646 g/mol. The predicted octanol–water partition coefficient (Wildman–Crippen LogP) is 3.28. The molecule has 2 aromatic rings. The monoisotopic (exact) mass is 680 g/mol. The van der Waals surface area contributed by atoms with Gasteiger partial charge in [0.1, 0.15) is 11.7 Å². The third-order valence-electron chi connectivity index (χ3n) is 5.74. The number of carbonyl (C=O) groups excluding carboxylic acids is 2. The van der Waals surface area contributed by atoms with E-state index in [1.807, 2.05) is 0 Å². The van der Waals surface area contributed by atoms with Gasteiger partial charge in [0, 0.05) is 4.91 Å². The van der Waals surface area contributed by atoms with Crippen LogP contribution in [-0.4, -0.2) is 100 Å². The van der Waals surface area contributed by atoms with Gasteiger partial charge in [-0.25, -0.2) is 32.6 Å². The van der Waals surface area contributed by atoms with Gasteiger partial charge in [-0.3, -0.25) is 9.09 Å². The number of hydrogen-bond acceptors (Lipinski definition) is 18. The highest BCUT2D eigenvalue weighted by atomic mass is 31.2. The Hall–Kier alpha value is -4.04. The minimum Gasteiger partial charge on any atom is -0.476 e. The van der Waals surface area contributed by atoms with E-state index in [0.29, 0.717) is 0 Å². The highest BCUT2D eigenvalue weighted by Crippen LogP contribution is 2.52. The minimum absolute atomic E-state index is 0.00982. The molecule has 256 valence electrons. The van der Waals surface area contributed by atoms with Gasteiger partial charge in [0.25, 0.3) is 0 Å². The molecule has 4 atom stereocenters. The van der Waals surface area contributed by atoms with Crippen LogP contribution < -0.4 is 10.5 Å². The fourth-order valence-electron chi connectivity index (χ4n) is 3.84. The van der Waals surface area contributed by atoms with Crippen LogP contribution in [0.5, 0.6) is 5.88 Å². The topological polar surface area (TPSA) is 273 Å². The first-order valence-electron chi connectivity index (χ1n) is 13.6. The van der Waals surface area contributed by atoms with E-state index in [2.05, 4.69) is 34.5 Å². The highest BCUT2D eigenvalue weighted by Gasteiger charge is 2.57. The van der Waals surface area contributed by atoms with Crippen molar-refractivity contribution >= 4 is 37.2 Å². The van der Waals surface area contributed by atoms with Gasteiger partial charge < -0.3 is 39.3 Å². The Bertz CT molecular complexity index is 1430. The number of aromatic nitrogens is 4. The van der Waals surface area contributed by atoms with Crippen LogP contribution in [0.3, 0.4) is 0 Å². The number of ether oxygens (including phenoxy) is 6. The summed E-state index contributed by atoms with van der Waals surface area (Å²) in [6, 6.07) is 0. The number of alkyl halides is 1. The number of nitrogens with zero attached hydrogens (tertiary/aromatic N) is 7. The first-order valence-corrected chi connectivity index (χ1v) is 15.0. The summed E-state index contributed by atoms with van der Waals surface area (Å²) in [7, 11) is -4.90. The molecule has 23 heteroatoms. The van der Waals surface area contributed by atoms with Gasteiger partial charge in [0.2, 0.25) is 25.4 Å². The molecule has 0 radical (unpaired) electrons. The van der Waals surface area contributed by atoms with Crippen molar-refractivity contribution in [2.24, 2.45) is 5.11 Å². The normalized spacial score (nSPS) is 21.3. The maximum absolute atomic E-state index is 15.8. The summed E-state index contributed by atoms with van der Waals surface area (Å²) in [6.45, 7) is 4.19. The molecule has 21 nitrogen and oxygen atoms in total. The molecule has 1 fully saturated rings. The zero-order valence-electron chi connectivity index (χ0n) is 25.4. The summed E-state index contributed by atoms with van der Waals surface area (Å²) in [5.41, 5.74) is 12.6. The van der Waals surface area contributed by atoms with Crippen LogP contribution in [0, 0.1) is 0 Å². The molecule has 0 aliphatic carbocycles. The number of nitrogen functional groups attached to an aromatic ring is 1. The van der Waals surface area contributed by atoms with E-state index >= 15 is 4.39 Å². The fraction of sp³-hybridized carbons (Fsp3) is 0.696. The van der Waals surface area contributed by atoms with Gasteiger partial charge in [0.05, 0.1) is 38.3 Å². The number of rotatable bonds is 16. The Morgan fingerprint density at radius 1 is 1.17 bits per heavy atom. The van der Waals surface area contributed by atoms with Crippen LogP contribution in [0.1, 0.15) is 40.8 Å². The number of phosphoric acid groups is 1. The Morgan fingerprint density at radius 3 is 2.33 bits per heavy atom. The van der Waals surface area contributed by atoms with Crippen LogP contribution in [-0.2, 0) is 41.8 Å². The van der Waals surface area contributed by atoms with Gasteiger partial charge in [-0.1, -0.05) is 5.11 Å². The van der Waals surface area contributed by atoms with Gasteiger partial charge in [-0.2, -0.15) is 9.97 Å². The van der Waals surface area contributed by atoms with Crippen molar-refractivity contribution in [1.29, 1.82) is 0 Å². The van der Waals surface area contributed by atoms with Gasteiger partial charge >= 0.3 is 20.1 Å². The first kappa shape index (κ1) is 36.4. The lowest BCUT2D eigenvalue weighted by atomic mass is 9.97. The van der Waals surface area contributed by atoms with Gasteiger partial charge in [-0.05, 0) is 40.1 Å². The summed E-state index contributed by atoms with van der Waals surface area (Å²) in [5.74, 6) is -0.222. The molecule has 2 aromatic heterocycles. The van der Waals surface area contributed by atoms with Gasteiger partial charge in [0.15, 0.2) is 23.6 Å². The number of phosphoric ester groups is 1. The molecule has 1 aliphatic rings. The molecule has 0 aromatic carbocycles. The summed E-state index contributed by atoms with van der Waals surface area (Å²) >= 11 is 0. The average Bonchev–Trinajstić information content (AvgIpc) is 3.49. The smallest absolute Gasteiger partial charge is 0.476 e. The summed E-state index contributed by atoms with van der Waals surface area (Å²) < 4.78 is 75.8. The number of anilines is 1. The molecule has 1 aliphatic heterocycles. The summed E-state index contributed by atoms with van der Waals surface area (Å²) in [4.78, 5) is 38.2. The lowest BCUT2D eigenvalue weighted by Crippen LogP contribution is -2.48. The van der Waals surface area contributed by atoms with E-state index in [9.17, 15) is 19.3 Å². The number of carbonyl (C=O) groups is 2. The van der Waals surface area contributed by atoms with E-state index in [1.54, 1.807) is 34.6 Å². The minimum atomic E-state index is -4.90. The van der Waals surface area contributed by atoms with Gasteiger partial charge in [-0.15, -0.1) is 0 Å². The number of nitrogens with two attached hydrogens (primary N) is 1. The molecular formula is C23H34FN8O13P. The SMILES string of the molecule is CCOc1nc(N)nc2c1ncn2C1O[C@](CN=[N+]=[N-])(COP(=O)(OCOC(=O)OC(C)C)OCOC(=O)OC(C)C)[C@@H](O)[C@H]1F.